The van der Waals surface area contributed by atoms with E-state index < -0.39 is 33.2 Å². The molecule has 8 nitrogen and oxygen atoms in total. The van der Waals surface area contributed by atoms with Crippen molar-refractivity contribution >= 4 is 27.5 Å². The second-order valence-electron chi connectivity index (χ2n) is 8.22. The van der Waals surface area contributed by atoms with Gasteiger partial charge >= 0.3 is 0 Å². The molecule has 1 saturated heterocycles. The number of aromatic amines is 1. The molecule has 0 saturated carbocycles. The van der Waals surface area contributed by atoms with Gasteiger partial charge in [0.2, 0.25) is 0 Å². The van der Waals surface area contributed by atoms with Crippen LogP contribution in [0.25, 0.3) is 0 Å². The Morgan fingerprint density at radius 1 is 1.42 bits per heavy atom. The first-order chi connectivity index (χ1) is 14.5. The molecule has 0 radical (unpaired) electrons. The molecule has 1 aromatic heterocycles. The highest BCUT2D eigenvalue weighted by atomic mass is 35.5. The first kappa shape index (κ1) is 21.6. The van der Waals surface area contributed by atoms with E-state index in [9.17, 15) is 17.6 Å². The van der Waals surface area contributed by atoms with Crippen molar-refractivity contribution in [1.29, 1.82) is 5.26 Å². The molecular weight excluding hydrogens is 447 g/mol. The lowest BCUT2D eigenvalue weighted by atomic mass is 9.83. The van der Waals surface area contributed by atoms with Gasteiger partial charge in [0.1, 0.15) is 11.6 Å². The van der Waals surface area contributed by atoms with Gasteiger partial charge in [0.05, 0.1) is 23.1 Å². The van der Waals surface area contributed by atoms with Crippen molar-refractivity contribution in [3.05, 3.63) is 46.4 Å². The molecule has 2 aliphatic heterocycles. The van der Waals surface area contributed by atoms with Crippen LogP contribution in [0.5, 0.6) is 5.75 Å². The third kappa shape index (κ3) is 3.89. The van der Waals surface area contributed by atoms with Crippen LogP contribution in [0.15, 0.2) is 29.4 Å². The number of carbonyl (C=O) groups excluding carboxylic acids is 1. The van der Waals surface area contributed by atoms with Crippen LogP contribution in [-0.2, 0) is 10.0 Å². The minimum absolute atomic E-state index is 0.0566. The van der Waals surface area contributed by atoms with Gasteiger partial charge in [-0.3, -0.25) is 4.79 Å². The molecule has 1 amide bonds. The molecule has 0 unspecified atom stereocenters. The smallest absolute Gasteiger partial charge is 0.256 e. The van der Waals surface area contributed by atoms with Crippen molar-refractivity contribution in [2.75, 3.05) is 19.7 Å². The molecule has 2 aromatic rings. The Labute approximate surface area is 184 Å². The second kappa shape index (κ2) is 7.51. The topological polar surface area (TPSA) is 115 Å². The van der Waals surface area contributed by atoms with E-state index in [2.05, 4.69) is 15.8 Å². The molecule has 3 heterocycles. The van der Waals surface area contributed by atoms with Crippen LogP contribution in [0.3, 0.4) is 0 Å². The van der Waals surface area contributed by atoms with E-state index in [4.69, 9.17) is 21.6 Å². The quantitative estimate of drug-likeness (QED) is 0.718. The van der Waals surface area contributed by atoms with E-state index in [0.717, 1.165) is 6.07 Å². The van der Waals surface area contributed by atoms with Crippen molar-refractivity contribution in [2.45, 2.75) is 30.8 Å². The summed E-state index contributed by atoms with van der Waals surface area (Å²) in [4.78, 5) is 16.6. The van der Waals surface area contributed by atoms with Gasteiger partial charge in [0.25, 0.3) is 15.9 Å². The number of nitrogens with one attached hydrogen (secondary N) is 2. The predicted molar refractivity (Wildman–Crippen MR) is 110 cm³/mol. The number of benzene rings is 1. The highest BCUT2D eigenvalue weighted by molar-refractivity contribution is 7.89. The van der Waals surface area contributed by atoms with Crippen LogP contribution >= 0.6 is 11.6 Å². The number of rotatable bonds is 4. The second-order valence-corrected chi connectivity index (χ2v) is 10.3. The van der Waals surface area contributed by atoms with Crippen LogP contribution in [-0.4, -0.2) is 49.9 Å². The summed E-state index contributed by atoms with van der Waals surface area (Å²) in [5.74, 6) is -1.27. The summed E-state index contributed by atoms with van der Waals surface area (Å²) in [5, 5.41) is 9.10. The van der Waals surface area contributed by atoms with E-state index >= 15 is 0 Å². The summed E-state index contributed by atoms with van der Waals surface area (Å²) in [6.45, 7) is 4.05. The highest BCUT2D eigenvalue weighted by Gasteiger charge is 2.42. The maximum Gasteiger partial charge on any atom is 0.256 e. The number of nitrogens with zero attached hydrogens (tertiary/aromatic N) is 2. The largest absolute Gasteiger partial charge is 0.489 e. The summed E-state index contributed by atoms with van der Waals surface area (Å²) in [7, 11) is -4.01. The maximum absolute atomic E-state index is 14.1. The molecule has 0 aliphatic carbocycles. The Morgan fingerprint density at radius 2 is 2.13 bits per heavy atom. The summed E-state index contributed by atoms with van der Waals surface area (Å²) in [5.41, 5.74) is 0.0928. The number of halogens is 2. The number of likely N-dealkylation sites (tertiary alicyclic amines) is 1. The van der Waals surface area contributed by atoms with Crippen molar-refractivity contribution in [3.63, 3.8) is 0 Å². The van der Waals surface area contributed by atoms with Gasteiger partial charge in [-0.05, 0) is 25.1 Å². The lowest BCUT2D eigenvalue weighted by Gasteiger charge is -2.43. The van der Waals surface area contributed by atoms with Gasteiger partial charge < -0.3 is 14.6 Å². The van der Waals surface area contributed by atoms with Crippen LogP contribution < -0.4 is 9.46 Å². The summed E-state index contributed by atoms with van der Waals surface area (Å²) in [6, 6.07) is 5.45. The lowest BCUT2D eigenvalue weighted by Crippen LogP contribution is -2.56. The number of carbonyl (C=O) groups is 1. The number of H-pyrrole nitrogens is 1. The molecule has 0 bridgehead atoms. The fourth-order valence-corrected chi connectivity index (χ4v) is 5.36. The van der Waals surface area contributed by atoms with Gasteiger partial charge in [-0.2, -0.15) is 5.26 Å². The zero-order chi connectivity index (χ0) is 22.6. The van der Waals surface area contributed by atoms with Crippen LogP contribution in [0.4, 0.5) is 4.39 Å². The normalized spacial score (nSPS) is 22.1. The number of fused-ring (bicyclic) bond motifs is 1. The number of amides is 1. The van der Waals surface area contributed by atoms with E-state index in [1.165, 1.54) is 17.2 Å². The summed E-state index contributed by atoms with van der Waals surface area (Å²) < 4.78 is 47.8. The number of aromatic nitrogens is 1. The average Bonchev–Trinajstić information content (AvgIpc) is 3.18. The van der Waals surface area contributed by atoms with Gasteiger partial charge in [-0.25, -0.2) is 17.5 Å². The highest BCUT2D eigenvalue weighted by Crippen LogP contribution is 2.38. The SMILES string of the molecule is C[C@H]1c2cc(Cl)cc(F)c2OC[C@H]1NS(=O)(=O)c1cc(C(=O)N2CC(C)(C#N)C2)c[nH]1. The molecule has 4 rings (SSSR count). The van der Waals surface area contributed by atoms with Gasteiger partial charge in [0, 0.05) is 35.8 Å². The number of sulfonamides is 1. The van der Waals surface area contributed by atoms with E-state index in [1.807, 2.05) is 0 Å². The Kier molecular flexibility index (Phi) is 5.24. The predicted octanol–water partition coefficient (Wildman–Crippen LogP) is 2.64. The monoisotopic (exact) mass is 466 g/mol. The average molecular weight is 467 g/mol. The molecule has 1 fully saturated rings. The molecule has 2 N–H and O–H groups in total. The third-order valence-corrected chi connectivity index (χ3v) is 7.32. The zero-order valence-electron chi connectivity index (χ0n) is 16.8. The Balaban J connectivity index is 1.49. The summed E-state index contributed by atoms with van der Waals surface area (Å²) >= 11 is 5.93. The number of nitriles is 1. The molecule has 1 aromatic carbocycles. The van der Waals surface area contributed by atoms with E-state index in [-0.39, 0.29) is 33.9 Å². The summed E-state index contributed by atoms with van der Waals surface area (Å²) in [6.07, 6.45) is 1.32. The minimum atomic E-state index is -4.01. The Hall–Kier alpha value is -2.61. The Bertz CT molecular complexity index is 1200. The lowest BCUT2D eigenvalue weighted by molar-refractivity contribution is 0.0369. The van der Waals surface area contributed by atoms with Gasteiger partial charge in [0.15, 0.2) is 11.6 Å². The molecule has 164 valence electrons. The van der Waals surface area contributed by atoms with Crippen molar-refractivity contribution in [3.8, 4) is 11.8 Å². The number of hydrogen-bond donors (Lipinski definition) is 2. The molecule has 0 spiro atoms. The van der Waals surface area contributed by atoms with E-state index in [1.54, 1.807) is 19.9 Å². The first-order valence-electron chi connectivity index (χ1n) is 9.56. The standard InChI is InChI=1S/C20H20ClFN4O4S/c1-11-14-4-13(21)5-15(22)18(14)30-7-16(11)25-31(28,29)17-3-12(6-24-17)19(27)26-9-20(2,8-23)10-26/h3-6,11,16,24-25H,7,9-10H2,1-2H3/t11-,16+/m0/s1. The zero-order valence-corrected chi connectivity index (χ0v) is 18.3. The molecule has 2 aliphatic rings. The fraction of sp³-hybridized carbons (Fsp3) is 0.400. The van der Waals surface area contributed by atoms with Crippen molar-refractivity contribution in [1.82, 2.24) is 14.6 Å². The maximum atomic E-state index is 14.1. The first-order valence-corrected chi connectivity index (χ1v) is 11.4. The van der Waals surface area contributed by atoms with Crippen molar-refractivity contribution in [2.24, 2.45) is 5.41 Å². The number of hydrogen-bond acceptors (Lipinski definition) is 5. The van der Waals surface area contributed by atoms with Gasteiger partial charge in [-0.1, -0.05) is 18.5 Å². The number of ether oxygens (including phenoxy) is 1. The Morgan fingerprint density at radius 3 is 2.81 bits per heavy atom. The van der Waals surface area contributed by atoms with Gasteiger partial charge in [-0.15, -0.1) is 0 Å². The molecular formula is C20H20ClFN4O4S. The molecule has 2 atom stereocenters. The van der Waals surface area contributed by atoms with Crippen molar-refractivity contribution < 1.29 is 22.3 Å². The fourth-order valence-electron chi connectivity index (χ4n) is 3.85. The third-order valence-electron chi connectivity index (χ3n) is 5.67. The molecule has 31 heavy (non-hydrogen) atoms. The van der Waals surface area contributed by atoms with Crippen LogP contribution in [0.2, 0.25) is 5.02 Å². The van der Waals surface area contributed by atoms with E-state index in [0.29, 0.717) is 18.7 Å². The van der Waals surface area contributed by atoms with Crippen LogP contribution in [0.1, 0.15) is 35.7 Å². The van der Waals surface area contributed by atoms with Crippen LogP contribution in [0, 0.1) is 22.6 Å². The molecule has 11 heteroatoms. The minimum Gasteiger partial charge on any atom is -0.489 e.